The maximum atomic E-state index is 13.4. The third-order valence-corrected chi connectivity index (χ3v) is 5.39. The molecule has 1 aromatic carbocycles. The van der Waals surface area contributed by atoms with Crippen molar-refractivity contribution in [2.75, 3.05) is 0 Å². The van der Waals surface area contributed by atoms with Crippen molar-refractivity contribution < 1.29 is 13.4 Å². The molecule has 0 heterocycles. The Balaban J connectivity index is 3.22. The summed E-state index contributed by atoms with van der Waals surface area (Å²) in [5, 5.41) is 0. The monoisotopic (exact) mass is 377 g/mol. The van der Waals surface area contributed by atoms with Crippen LogP contribution in [0.1, 0.15) is 46.6 Å². The summed E-state index contributed by atoms with van der Waals surface area (Å²) in [5.41, 5.74) is -0.108. The van der Waals surface area contributed by atoms with Gasteiger partial charge in [0.15, 0.2) is 0 Å². The highest BCUT2D eigenvalue weighted by Gasteiger charge is 2.34. The molecule has 0 spiro atoms. The minimum absolute atomic E-state index is 0.0312. The lowest BCUT2D eigenvalue weighted by atomic mass is 9.88. The Labute approximate surface area is 136 Å². The van der Waals surface area contributed by atoms with Gasteiger partial charge < -0.3 is 0 Å². The second-order valence-electron chi connectivity index (χ2n) is 6.32. The largest absolute Gasteiger partial charge is 0.300 e. The number of hydrogen-bond acceptors (Lipinski definition) is 2. The van der Waals surface area contributed by atoms with Crippen LogP contribution in [0.25, 0.3) is 0 Å². The molecule has 0 saturated carbocycles. The second kappa shape index (κ2) is 6.67. The van der Waals surface area contributed by atoms with Gasteiger partial charge in [-0.15, -0.1) is 0 Å². The van der Waals surface area contributed by atoms with Gasteiger partial charge in [0.05, 0.1) is 25.7 Å². The predicted octanol–water partition coefficient (Wildman–Crippen LogP) is 3.83. The molecule has 3 nitrogen and oxygen atoms in total. The molecular formula is C15H21BrFNO2S. The summed E-state index contributed by atoms with van der Waals surface area (Å²) in [6, 6.07) is 4.56. The molecule has 1 aromatic rings. The zero-order chi connectivity index (χ0) is 16.4. The number of benzene rings is 1. The summed E-state index contributed by atoms with van der Waals surface area (Å²) in [6.45, 7) is 8.84. The Bertz CT molecular complexity index is 571. The average Bonchev–Trinajstić information content (AvgIpc) is 2.30. The molecular weight excluding hydrogens is 357 g/mol. The van der Waals surface area contributed by atoms with Crippen molar-refractivity contribution in [1.82, 2.24) is 4.72 Å². The highest BCUT2D eigenvalue weighted by Crippen LogP contribution is 2.30. The van der Waals surface area contributed by atoms with Gasteiger partial charge in [-0.05, 0) is 68.2 Å². The summed E-state index contributed by atoms with van der Waals surface area (Å²) in [7, 11) is -1.35. The van der Waals surface area contributed by atoms with Crippen LogP contribution in [0.3, 0.4) is 0 Å². The third kappa shape index (κ3) is 4.97. The minimum Gasteiger partial charge on any atom is -0.300 e. The molecule has 1 N–H and O–H groups in total. The summed E-state index contributed by atoms with van der Waals surface area (Å²) >= 11 is 3.15. The van der Waals surface area contributed by atoms with E-state index in [1.54, 1.807) is 19.1 Å². The van der Waals surface area contributed by atoms with E-state index in [2.05, 4.69) is 20.7 Å². The van der Waals surface area contributed by atoms with Crippen LogP contribution in [0.15, 0.2) is 22.7 Å². The van der Waals surface area contributed by atoms with Crippen molar-refractivity contribution in [2.24, 2.45) is 0 Å². The van der Waals surface area contributed by atoms with E-state index in [0.29, 0.717) is 10.0 Å². The first-order valence-electron chi connectivity index (χ1n) is 6.60. The SMILES string of the molecule is CC(=O)C[C@](C)(NS(=O)C(C)(C)C)c1ccc(F)c(Br)c1. The lowest BCUT2D eigenvalue weighted by molar-refractivity contribution is -0.118. The predicted molar refractivity (Wildman–Crippen MR) is 87.8 cm³/mol. The van der Waals surface area contributed by atoms with E-state index in [4.69, 9.17) is 0 Å². The van der Waals surface area contributed by atoms with Gasteiger partial charge in [-0.1, -0.05) is 6.07 Å². The summed E-state index contributed by atoms with van der Waals surface area (Å²) in [4.78, 5) is 11.6. The van der Waals surface area contributed by atoms with Crippen LogP contribution in [0, 0.1) is 5.82 Å². The van der Waals surface area contributed by atoms with Gasteiger partial charge in [0.25, 0.3) is 0 Å². The van der Waals surface area contributed by atoms with Crippen LogP contribution >= 0.6 is 15.9 Å². The number of nitrogens with one attached hydrogen (secondary N) is 1. The standard InChI is InChI=1S/C15H21BrFNO2S/c1-10(19)9-15(5,18-21(20)14(2,3)4)11-6-7-13(17)12(16)8-11/h6-8,18H,9H2,1-5H3/t15-,21?/m0/s1. The number of hydrogen-bond donors (Lipinski definition) is 1. The fourth-order valence-electron chi connectivity index (χ4n) is 1.89. The minimum atomic E-state index is -1.35. The van der Waals surface area contributed by atoms with Crippen LogP contribution < -0.4 is 4.72 Å². The first-order valence-corrected chi connectivity index (χ1v) is 8.54. The van der Waals surface area contributed by atoms with Crippen molar-refractivity contribution in [3.8, 4) is 0 Å². The maximum absolute atomic E-state index is 13.4. The number of Topliss-reactive ketones (excluding diaryl/α,β-unsaturated/α-hetero) is 1. The summed E-state index contributed by atoms with van der Waals surface area (Å²) < 4.78 is 28.7. The van der Waals surface area contributed by atoms with Gasteiger partial charge >= 0.3 is 0 Å². The Morgan fingerprint density at radius 1 is 1.33 bits per heavy atom. The number of carbonyl (C=O) groups excluding carboxylic acids is 1. The molecule has 1 unspecified atom stereocenters. The van der Waals surface area contributed by atoms with Gasteiger partial charge in [0.1, 0.15) is 11.6 Å². The molecule has 0 bridgehead atoms. The Morgan fingerprint density at radius 3 is 2.33 bits per heavy atom. The van der Waals surface area contributed by atoms with Crippen LogP contribution in [0.4, 0.5) is 4.39 Å². The topological polar surface area (TPSA) is 46.2 Å². The Kier molecular flexibility index (Phi) is 5.86. The van der Waals surface area contributed by atoms with Gasteiger partial charge in [0, 0.05) is 6.42 Å². The molecule has 0 aliphatic heterocycles. The van der Waals surface area contributed by atoms with E-state index in [0.717, 1.165) is 0 Å². The van der Waals surface area contributed by atoms with E-state index in [9.17, 15) is 13.4 Å². The zero-order valence-electron chi connectivity index (χ0n) is 12.9. The third-order valence-electron chi connectivity index (χ3n) is 3.03. The molecule has 2 atom stereocenters. The van der Waals surface area contributed by atoms with E-state index >= 15 is 0 Å². The van der Waals surface area contributed by atoms with E-state index in [1.165, 1.54) is 13.0 Å². The molecule has 0 radical (unpaired) electrons. The highest BCUT2D eigenvalue weighted by molar-refractivity contribution is 9.10. The summed E-state index contributed by atoms with van der Waals surface area (Å²) in [6.07, 6.45) is 0.174. The van der Waals surface area contributed by atoms with Crippen molar-refractivity contribution in [1.29, 1.82) is 0 Å². The summed E-state index contributed by atoms with van der Waals surface area (Å²) in [5.74, 6) is -0.405. The van der Waals surface area contributed by atoms with Gasteiger partial charge in [-0.3, -0.25) is 4.79 Å². The molecule has 0 amide bonds. The lowest BCUT2D eigenvalue weighted by Gasteiger charge is -2.33. The zero-order valence-corrected chi connectivity index (χ0v) is 15.3. The van der Waals surface area contributed by atoms with Crippen molar-refractivity contribution in [2.45, 2.75) is 51.3 Å². The molecule has 0 fully saturated rings. The molecule has 6 heteroatoms. The molecule has 1 rings (SSSR count). The van der Waals surface area contributed by atoms with Crippen LogP contribution in [-0.2, 0) is 21.3 Å². The van der Waals surface area contributed by atoms with E-state index < -0.39 is 21.3 Å². The quantitative estimate of drug-likeness (QED) is 0.847. The lowest BCUT2D eigenvalue weighted by Crippen LogP contribution is -2.47. The van der Waals surface area contributed by atoms with Crippen molar-refractivity contribution in [3.63, 3.8) is 0 Å². The van der Waals surface area contributed by atoms with Crippen LogP contribution in [0.2, 0.25) is 0 Å². The van der Waals surface area contributed by atoms with Crippen molar-refractivity contribution in [3.05, 3.63) is 34.1 Å². The molecule has 0 aromatic heterocycles. The van der Waals surface area contributed by atoms with Crippen molar-refractivity contribution >= 4 is 32.7 Å². The maximum Gasteiger partial charge on any atom is 0.137 e. The molecule has 0 aliphatic rings. The smallest absolute Gasteiger partial charge is 0.137 e. The Hall–Kier alpha value is -0.590. The van der Waals surface area contributed by atoms with Gasteiger partial charge in [0.2, 0.25) is 0 Å². The second-order valence-corrected chi connectivity index (χ2v) is 9.14. The van der Waals surface area contributed by atoms with Gasteiger partial charge in [-0.2, -0.15) is 0 Å². The first kappa shape index (κ1) is 18.5. The normalized spacial score (nSPS) is 16.3. The molecule has 0 aliphatic carbocycles. The number of rotatable bonds is 5. The molecule has 21 heavy (non-hydrogen) atoms. The first-order chi connectivity index (χ1) is 9.45. The molecule has 0 saturated heterocycles. The number of halogens is 2. The molecule has 118 valence electrons. The number of carbonyl (C=O) groups is 1. The van der Waals surface area contributed by atoms with E-state index in [-0.39, 0.29) is 18.0 Å². The fraction of sp³-hybridized carbons (Fsp3) is 0.533. The van der Waals surface area contributed by atoms with Crippen LogP contribution in [-0.4, -0.2) is 14.7 Å². The van der Waals surface area contributed by atoms with E-state index in [1.807, 2.05) is 20.8 Å². The van der Waals surface area contributed by atoms with Crippen LogP contribution in [0.5, 0.6) is 0 Å². The number of ketones is 1. The van der Waals surface area contributed by atoms with Gasteiger partial charge in [-0.25, -0.2) is 13.3 Å². The average molecular weight is 378 g/mol. The highest BCUT2D eigenvalue weighted by atomic mass is 79.9. The Morgan fingerprint density at radius 2 is 1.90 bits per heavy atom. The fourth-order valence-corrected chi connectivity index (χ4v) is 3.18.